The van der Waals surface area contributed by atoms with Gasteiger partial charge in [-0.15, -0.1) is 11.3 Å². The summed E-state index contributed by atoms with van der Waals surface area (Å²) in [5, 5.41) is 10.6. The van der Waals surface area contributed by atoms with Crippen LogP contribution in [-0.4, -0.2) is 17.5 Å². The van der Waals surface area contributed by atoms with Gasteiger partial charge in [0.15, 0.2) is 6.29 Å². The summed E-state index contributed by atoms with van der Waals surface area (Å²) in [5.41, 5.74) is 0.781. The van der Waals surface area contributed by atoms with Gasteiger partial charge in [0, 0.05) is 10.9 Å². The smallest absolute Gasteiger partial charge is 0.160 e. The van der Waals surface area contributed by atoms with Gasteiger partial charge in [0.25, 0.3) is 0 Å². The molecule has 1 aromatic heterocycles. The van der Waals surface area contributed by atoms with Crippen molar-refractivity contribution in [3.8, 4) is 11.8 Å². The van der Waals surface area contributed by atoms with Crippen molar-refractivity contribution < 1.29 is 9.90 Å². The first kappa shape index (κ1) is 8.98. The maximum atomic E-state index is 10.3. The third-order valence-corrected chi connectivity index (χ3v) is 2.02. The predicted molar refractivity (Wildman–Crippen MR) is 48.3 cm³/mol. The fourth-order valence-corrected chi connectivity index (χ4v) is 1.31. The number of carbonyl (C=O) groups excluding carboxylic acids is 1. The van der Waals surface area contributed by atoms with E-state index in [1.165, 1.54) is 11.3 Å². The minimum absolute atomic E-state index is 0.621. The second-order valence-corrected chi connectivity index (χ2v) is 3.24. The summed E-state index contributed by atoms with van der Waals surface area (Å²) in [4.78, 5) is 10.9. The van der Waals surface area contributed by atoms with Crippen LogP contribution >= 0.6 is 11.3 Å². The van der Waals surface area contributed by atoms with Gasteiger partial charge in [-0.25, -0.2) is 0 Å². The van der Waals surface area contributed by atoms with Crippen LogP contribution in [0, 0.1) is 11.8 Å². The molecule has 0 saturated carbocycles. The number of thiophene rings is 1. The van der Waals surface area contributed by atoms with E-state index < -0.39 is 6.10 Å². The van der Waals surface area contributed by atoms with Crippen LogP contribution in [-0.2, 0) is 0 Å². The highest BCUT2D eigenvalue weighted by Gasteiger charge is 1.94. The number of aldehydes is 1. The monoisotopic (exact) mass is 180 g/mol. The second kappa shape index (κ2) is 4.05. The summed E-state index contributed by atoms with van der Waals surface area (Å²) in [6, 6.07) is 1.70. The van der Waals surface area contributed by atoms with Crippen LogP contribution < -0.4 is 0 Å². The molecule has 0 saturated heterocycles. The minimum atomic E-state index is -0.621. The summed E-state index contributed by atoms with van der Waals surface area (Å²) in [5.74, 6) is 5.35. The SMILES string of the molecule is C[C@H](O)C#Cc1csc(C=O)c1. The zero-order chi connectivity index (χ0) is 8.97. The molecule has 0 aliphatic carbocycles. The van der Waals surface area contributed by atoms with E-state index in [1.807, 2.05) is 0 Å². The summed E-state index contributed by atoms with van der Waals surface area (Å²) in [7, 11) is 0. The van der Waals surface area contributed by atoms with Crippen LogP contribution in [0.3, 0.4) is 0 Å². The lowest BCUT2D eigenvalue weighted by Crippen LogP contribution is -1.92. The molecule has 1 rings (SSSR count). The molecule has 0 aliphatic heterocycles. The number of hydrogen-bond donors (Lipinski definition) is 1. The summed E-state index contributed by atoms with van der Waals surface area (Å²) < 4.78 is 0. The Bertz CT molecular complexity index is 328. The molecule has 0 fully saturated rings. The molecule has 1 atom stereocenters. The van der Waals surface area contributed by atoms with E-state index in [-0.39, 0.29) is 0 Å². The number of hydrogen-bond acceptors (Lipinski definition) is 3. The van der Waals surface area contributed by atoms with E-state index in [9.17, 15) is 4.79 Å². The van der Waals surface area contributed by atoms with Crippen molar-refractivity contribution in [3.63, 3.8) is 0 Å². The fourth-order valence-electron chi connectivity index (χ4n) is 0.668. The van der Waals surface area contributed by atoms with E-state index in [0.29, 0.717) is 4.88 Å². The average molecular weight is 180 g/mol. The van der Waals surface area contributed by atoms with E-state index in [1.54, 1.807) is 18.4 Å². The molecule has 3 heteroatoms. The maximum Gasteiger partial charge on any atom is 0.160 e. The highest BCUT2D eigenvalue weighted by Crippen LogP contribution is 2.10. The van der Waals surface area contributed by atoms with Gasteiger partial charge >= 0.3 is 0 Å². The number of rotatable bonds is 1. The summed E-state index contributed by atoms with van der Waals surface area (Å²) in [6.07, 6.45) is 0.169. The van der Waals surface area contributed by atoms with Crippen LogP contribution in [0.5, 0.6) is 0 Å². The Hall–Kier alpha value is -1.11. The van der Waals surface area contributed by atoms with E-state index in [0.717, 1.165) is 11.8 Å². The van der Waals surface area contributed by atoms with Crippen molar-refractivity contribution in [2.75, 3.05) is 0 Å². The lowest BCUT2D eigenvalue weighted by Gasteiger charge is -1.85. The van der Waals surface area contributed by atoms with Gasteiger partial charge in [0.05, 0.1) is 4.88 Å². The van der Waals surface area contributed by atoms with Crippen molar-refractivity contribution in [1.82, 2.24) is 0 Å². The fraction of sp³-hybridized carbons (Fsp3) is 0.222. The van der Waals surface area contributed by atoms with Crippen LogP contribution in [0.2, 0.25) is 0 Å². The van der Waals surface area contributed by atoms with Gasteiger partial charge in [-0.2, -0.15) is 0 Å². The zero-order valence-corrected chi connectivity index (χ0v) is 7.39. The topological polar surface area (TPSA) is 37.3 Å². The molecule has 2 nitrogen and oxygen atoms in total. The molecule has 0 radical (unpaired) electrons. The first-order valence-corrected chi connectivity index (χ1v) is 4.33. The Morgan fingerprint density at radius 2 is 2.50 bits per heavy atom. The first-order chi connectivity index (χ1) is 5.72. The van der Waals surface area contributed by atoms with Gasteiger partial charge in [0.2, 0.25) is 0 Å². The number of aliphatic hydroxyl groups is 1. The van der Waals surface area contributed by atoms with Crippen LogP contribution in [0.25, 0.3) is 0 Å². The Labute approximate surface area is 74.9 Å². The van der Waals surface area contributed by atoms with Gasteiger partial charge < -0.3 is 5.11 Å². The Kier molecular flexibility index (Phi) is 3.03. The molecule has 1 heterocycles. The molecular weight excluding hydrogens is 172 g/mol. The minimum Gasteiger partial charge on any atom is -0.381 e. The molecular formula is C9H8O2S. The van der Waals surface area contributed by atoms with Crippen molar-refractivity contribution in [2.24, 2.45) is 0 Å². The average Bonchev–Trinajstić information content (AvgIpc) is 2.48. The lowest BCUT2D eigenvalue weighted by molar-refractivity contribution is 0.112. The van der Waals surface area contributed by atoms with Crippen molar-refractivity contribution in [1.29, 1.82) is 0 Å². The van der Waals surface area contributed by atoms with Crippen LogP contribution in [0.4, 0.5) is 0 Å². The largest absolute Gasteiger partial charge is 0.381 e. The molecule has 0 aromatic carbocycles. The van der Waals surface area contributed by atoms with Gasteiger partial charge in [-0.3, -0.25) is 4.79 Å². The Balaban J connectivity index is 2.78. The summed E-state index contributed by atoms with van der Waals surface area (Å²) in [6.45, 7) is 1.60. The second-order valence-electron chi connectivity index (χ2n) is 2.30. The third-order valence-electron chi connectivity index (χ3n) is 1.16. The normalized spacial score (nSPS) is 11.5. The van der Waals surface area contributed by atoms with Crippen LogP contribution in [0.15, 0.2) is 11.4 Å². The molecule has 0 bridgehead atoms. The predicted octanol–water partition coefficient (Wildman–Crippen LogP) is 1.29. The number of aliphatic hydroxyl groups excluding tert-OH is 1. The van der Waals surface area contributed by atoms with Crippen molar-refractivity contribution >= 4 is 17.6 Å². The molecule has 62 valence electrons. The zero-order valence-electron chi connectivity index (χ0n) is 6.57. The van der Waals surface area contributed by atoms with Gasteiger partial charge in [-0.05, 0) is 13.0 Å². The van der Waals surface area contributed by atoms with Crippen molar-refractivity contribution in [3.05, 3.63) is 21.9 Å². The molecule has 0 unspecified atom stereocenters. The standard InChI is InChI=1S/C9H8O2S/c1-7(11)2-3-8-4-9(5-10)12-6-8/h4-7,11H,1H3/t7-/m0/s1. The lowest BCUT2D eigenvalue weighted by atomic mass is 10.3. The van der Waals surface area contributed by atoms with Crippen LogP contribution in [0.1, 0.15) is 22.2 Å². The van der Waals surface area contributed by atoms with Gasteiger partial charge in [-0.1, -0.05) is 11.8 Å². The highest BCUT2D eigenvalue weighted by molar-refractivity contribution is 7.11. The molecule has 0 aliphatic rings. The quantitative estimate of drug-likeness (QED) is 0.522. The highest BCUT2D eigenvalue weighted by atomic mass is 32.1. The Morgan fingerprint density at radius 3 is 3.00 bits per heavy atom. The number of carbonyl (C=O) groups is 1. The molecule has 0 spiro atoms. The molecule has 1 N–H and O–H groups in total. The molecule has 12 heavy (non-hydrogen) atoms. The summed E-state index contributed by atoms with van der Waals surface area (Å²) >= 11 is 1.35. The maximum absolute atomic E-state index is 10.3. The van der Waals surface area contributed by atoms with Crippen molar-refractivity contribution in [2.45, 2.75) is 13.0 Å². The Morgan fingerprint density at radius 1 is 1.75 bits per heavy atom. The molecule has 1 aromatic rings. The third kappa shape index (κ3) is 2.50. The molecule has 0 amide bonds. The van der Waals surface area contributed by atoms with E-state index in [4.69, 9.17) is 5.11 Å². The van der Waals surface area contributed by atoms with E-state index >= 15 is 0 Å². The van der Waals surface area contributed by atoms with Gasteiger partial charge in [0.1, 0.15) is 6.10 Å². The first-order valence-electron chi connectivity index (χ1n) is 3.45. The van der Waals surface area contributed by atoms with E-state index in [2.05, 4.69) is 11.8 Å².